The van der Waals surface area contributed by atoms with Crippen LogP contribution in [0.25, 0.3) is 0 Å². The first-order valence-electron chi connectivity index (χ1n) is 32.5. The van der Waals surface area contributed by atoms with Crippen LogP contribution in [0.3, 0.4) is 0 Å². The monoisotopic (exact) mass is 1230 g/mol. The average molecular weight is 1230 g/mol. The molecule has 1 saturated carbocycles. The van der Waals surface area contributed by atoms with E-state index in [-0.39, 0.29) is 60.5 Å². The van der Waals surface area contributed by atoms with E-state index >= 15 is 0 Å². The van der Waals surface area contributed by atoms with Crippen LogP contribution in [0.1, 0.15) is 161 Å². The number of nitrogens with zero attached hydrogens (tertiary/aromatic N) is 8. The molecule has 19 nitrogen and oxygen atoms in total. The number of aromatic nitrogens is 2. The number of piperidine rings is 3. The van der Waals surface area contributed by atoms with E-state index in [4.69, 9.17) is 25.8 Å². The van der Waals surface area contributed by atoms with Crippen LogP contribution in [0.5, 0.6) is 11.5 Å². The molecule has 476 valence electrons. The molecule has 1 aromatic heterocycles. The molecule has 5 heterocycles. The van der Waals surface area contributed by atoms with Gasteiger partial charge in [-0.1, -0.05) is 55.1 Å². The van der Waals surface area contributed by atoms with Gasteiger partial charge in [0.15, 0.2) is 0 Å². The number of fused-ring (bicyclic) bond motifs is 1. The number of benzene rings is 3. The van der Waals surface area contributed by atoms with E-state index in [9.17, 15) is 29.1 Å². The lowest BCUT2D eigenvalue weighted by atomic mass is 9.82. The Kier molecular flexibility index (Phi) is 21.9. The number of piperazine rings is 1. The van der Waals surface area contributed by atoms with Gasteiger partial charge < -0.3 is 54.5 Å². The normalized spacial score (nSPS) is 20.7. The summed E-state index contributed by atoms with van der Waals surface area (Å²) in [5, 5.41) is 18.2. The number of carbonyl (C=O) groups excluding carboxylic acids is 5. The van der Waals surface area contributed by atoms with Gasteiger partial charge in [0.05, 0.1) is 38.0 Å². The number of halogens is 1. The van der Waals surface area contributed by atoms with Crippen molar-refractivity contribution in [1.82, 2.24) is 45.1 Å². The number of hydrogen-bond donors (Lipinski definition) is 3. The average Bonchev–Trinajstić information content (AvgIpc) is 2.07. The van der Waals surface area contributed by atoms with Crippen LogP contribution < -0.4 is 25.0 Å². The van der Waals surface area contributed by atoms with E-state index in [1.165, 1.54) is 4.90 Å². The van der Waals surface area contributed by atoms with Crippen molar-refractivity contribution in [1.29, 1.82) is 0 Å². The van der Waals surface area contributed by atoms with E-state index in [1.807, 2.05) is 76.2 Å². The van der Waals surface area contributed by atoms with Crippen molar-refractivity contribution in [3.63, 3.8) is 0 Å². The number of carbonyl (C=O) groups is 5. The van der Waals surface area contributed by atoms with E-state index in [1.54, 1.807) is 46.3 Å². The van der Waals surface area contributed by atoms with E-state index < -0.39 is 23.8 Å². The molecule has 5 amide bonds. The molecule has 10 rings (SSSR count). The molecule has 4 unspecified atom stereocenters. The van der Waals surface area contributed by atoms with Gasteiger partial charge in [0.25, 0.3) is 5.91 Å². The van der Waals surface area contributed by atoms with E-state index in [2.05, 4.69) is 30.4 Å². The fraction of sp³-hybridized carbons (Fsp3) is 0.603. The van der Waals surface area contributed by atoms with Gasteiger partial charge in [0.2, 0.25) is 17.7 Å². The summed E-state index contributed by atoms with van der Waals surface area (Å²) < 4.78 is 17.1. The van der Waals surface area contributed by atoms with Crippen LogP contribution in [0.2, 0.25) is 5.02 Å². The van der Waals surface area contributed by atoms with Crippen LogP contribution >= 0.6 is 11.6 Å². The highest BCUT2D eigenvalue weighted by atomic mass is 35.5. The maximum Gasteiger partial charge on any atom is 0.411 e. The predicted molar refractivity (Wildman–Crippen MR) is 339 cm³/mol. The third kappa shape index (κ3) is 16.4. The molecule has 4 aliphatic heterocycles. The molecule has 4 saturated heterocycles. The van der Waals surface area contributed by atoms with Gasteiger partial charge in [-0.25, -0.2) is 14.8 Å². The lowest BCUT2D eigenvalue weighted by Gasteiger charge is -2.40. The molecular formula is C68H93ClN10O9. The van der Waals surface area contributed by atoms with Crippen LogP contribution in [0, 0.1) is 11.8 Å². The molecule has 4 atom stereocenters. The second-order valence-corrected chi connectivity index (χ2v) is 26.6. The topological polar surface area (TPSA) is 203 Å². The Labute approximate surface area is 525 Å². The zero-order valence-corrected chi connectivity index (χ0v) is 53.2. The summed E-state index contributed by atoms with van der Waals surface area (Å²) in [7, 11) is 1.58. The lowest BCUT2D eigenvalue weighted by molar-refractivity contribution is -0.136. The molecule has 4 aromatic rings. The van der Waals surface area contributed by atoms with Crippen LogP contribution in [-0.4, -0.2) is 186 Å². The first kappa shape index (κ1) is 64.4. The van der Waals surface area contributed by atoms with Crippen LogP contribution in [-0.2, 0) is 32.1 Å². The van der Waals surface area contributed by atoms with Gasteiger partial charge in [-0.05, 0) is 164 Å². The minimum absolute atomic E-state index is 0.0222. The molecule has 2 aliphatic carbocycles. The Morgan fingerprint density at radius 2 is 1.52 bits per heavy atom. The Morgan fingerprint density at radius 3 is 2.24 bits per heavy atom. The number of methoxy groups -OCH3 is 1. The van der Waals surface area contributed by atoms with Crippen molar-refractivity contribution < 1.29 is 43.3 Å². The Bertz CT molecular complexity index is 3020. The minimum atomic E-state index is -0.774. The summed E-state index contributed by atoms with van der Waals surface area (Å²) in [5.41, 5.74) is 4.11. The molecule has 5 fully saturated rings. The number of ether oxygens (including phenoxy) is 3. The first-order chi connectivity index (χ1) is 42.5. The van der Waals surface area contributed by atoms with Crippen molar-refractivity contribution in [2.75, 3.05) is 104 Å². The minimum Gasteiger partial charge on any atom is -0.497 e. The Morgan fingerprint density at radius 1 is 0.784 bits per heavy atom. The molecule has 0 spiro atoms. The Hall–Kier alpha value is -6.54. The van der Waals surface area contributed by atoms with Gasteiger partial charge in [-0.2, -0.15) is 0 Å². The summed E-state index contributed by atoms with van der Waals surface area (Å²) in [6.45, 7) is 15.9. The molecule has 88 heavy (non-hydrogen) atoms. The summed E-state index contributed by atoms with van der Waals surface area (Å²) in [6, 6.07) is 20.4. The highest BCUT2D eigenvalue weighted by molar-refractivity contribution is 6.30. The summed E-state index contributed by atoms with van der Waals surface area (Å²) in [4.78, 5) is 92.4. The molecule has 0 radical (unpaired) electrons. The number of aliphatic hydroxyl groups excluding tert-OH is 1. The molecular weight excluding hydrogens is 1140 g/mol. The number of anilines is 1. The summed E-state index contributed by atoms with van der Waals surface area (Å²) in [5.74, 6) is 1.91. The van der Waals surface area contributed by atoms with E-state index in [0.29, 0.717) is 99.9 Å². The standard InChI is InChI=1S/C68H93ClN10O9/c1-6-87-59-39-55(86-5)22-19-52(59)43-79(67(85)88-68(2,3)4)44-60(81)78-29-11-16-51(42-78)49-14-10-15-50(38-49)64(82)73-61(48-12-8-7-9-13-48)66(84)76-32-25-46(26-33-76)41-74-30-27-54(28-31-74)70-40-57(47-17-20-53(69)21-18-47)65(83)77-36-34-75(35-37-77)63-56-23-24-58(80)62(56)71-45-72-63/h10,14-15,17-22,38-39,45-46,48,51,54,57-58,61,70,80H,6-9,11-13,16,23-37,40-44H2,1-5H3,(H,73,82). The highest BCUT2D eigenvalue weighted by Gasteiger charge is 2.38. The van der Waals surface area contributed by atoms with Gasteiger partial charge in [0, 0.05) is 105 Å². The maximum absolute atomic E-state index is 14.7. The van der Waals surface area contributed by atoms with Crippen molar-refractivity contribution in [2.45, 2.75) is 153 Å². The Balaban J connectivity index is 0.698. The second kappa shape index (κ2) is 29.8. The van der Waals surface area contributed by atoms with E-state index in [0.717, 1.165) is 130 Å². The number of hydrogen-bond acceptors (Lipinski definition) is 14. The van der Waals surface area contributed by atoms with Crippen LogP contribution in [0.4, 0.5) is 10.6 Å². The first-order valence-corrected chi connectivity index (χ1v) is 32.9. The summed E-state index contributed by atoms with van der Waals surface area (Å²) >= 11 is 6.33. The molecule has 20 heteroatoms. The van der Waals surface area contributed by atoms with Crippen molar-refractivity contribution >= 4 is 47.1 Å². The number of aliphatic hydroxyl groups is 1. The summed E-state index contributed by atoms with van der Waals surface area (Å²) in [6.07, 6.45) is 12.2. The maximum atomic E-state index is 14.7. The largest absolute Gasteiger partial charge is 0.497 e. The second-order valence-electron chi connectivity index (χ2n) is 26.2. The fourth-order valence-corrected chi connectivity index (χ4v) is 14.2. The quantitative estimate of drug-likeness (QED) is 0.0758. The van der Waals surface area contributed by atoms with Gasteiger partial charge in [-0.15, -0.1) is 0 Å². The SMILES string of the molecule is CCOc1cc(OC)ccc1CN(CC(=O)N1CCCC(c2cccc(C(=O)NC(C(=O)N3CCC(CN4CCC(NCC(C(=O)N5CCN(c6ncnc7c6CCC7O)CC5)c5ccc(Cl)cc5)CC4)CC3)C3CCCCC3)c2)C1)C(=O)OC(C)(C)C. The van der Waals surface area contributed by atoms with Crippen molar-refractivity contribution in [3.05, 3.63) is 112 Å². The number of amides is 5. The van der Waals surface area contributed by atoms with Crippen molar-refractivity contribution in [2.24, 2.45) is 11.8 Å². The third-order valence-corrected chi connectivity index (χ3v) is 19.3. The zero-order chi connectivity index (χ0) is 61.9. The third-order valence-electron chi connectivity index (χ3n) is 19.0. The lowest BCUT2D eigenvalue weighted by Crippen LogP contribution is -2.54. The number of rotatable bonds is 20. The molecule has 6 aliphatic rings. The van der Waals surface area contributed by atoms with Gasteiger partial charge in [-0.3, -0.25) is 24.1 Å². The predicted octanol–water partition coefficient (Wildman–Crippen LogP) is 8.76. The number of nitrogens with one attached hydrogen (secondary N) is 2. The fourth-order valence-electron chi connectivity index (χ4n) is 14.1. The molecule has 3 N–H and O–H groups in total. The van der Waals surface area contributed by atoms with Crippen molar-refractivity contribution in [3.8, 4) is 11.5 Å². The van der Waals surface area contributed by atoms with Gasteiger partial charge in [0.1, 0.15) is 41.8 Å². The van der Waals surface area contributed by atoms with Gasteiger partial charge >= 0.3 is 6.09 Å². The molecule has 0 bridgehead atoms. The zero-order valence-electron chi connectivity index (χ0n) is 52.4. The van der Waals surface area contributed by atoms with Crippen LogP contribution in [0.15, 0.2) is 73.1 Å². The smallest absolute Gasteiger partial charge is 0.411 e. The highest BCUT2D eigenvalue weighted by Crippen LogP contribution is 2.36. The molecule has 3 aromatic carbocycles. The number of likely N-dealkylation sites (tertiary alicyclic amines) is 3.